The van der Waals surface area contributed by atoms with E-state index in [0.29, 0.717) is 5.69 Å². The lowest BCUT2D eigenvalue weighted by Crippen LogP contribution is -2.15. The Hall–Kier alpha value is -3.88. The predicted octanol–water partition coefficient (Wildman–Crippen LogP) is 2.15. The molecule has 0 bridgehead atoms. The minimum atomic E-state index is -1.09. The number of rotatable bonds is 3. The summed E-state index contributed by atoms with van der Waals surface area (Å²) in [4.78, 5) is 35.1. The summed E-state index contributed by atoms with van der Waals surface area (Å²) >= 11 is 0. The molecule has 0 aliphatic carbocycles. The topological polar surface area (TPSA) is 107 Å². The first-order chi connectivity index (χ1) is 13.0. The molecule has 0 fully saturated rings. The molecule has 3 N–H and O–H groups in total. The van der Waals surface area contributed by atoms with Crippen molar-refractivity contribution in [3.05, 3.63) is 76.3 Å². The van der Waals surface area contributed by atoms with Crippen LogP contribution in [-0.4, -0.2) is 25.4 Å². The van der Waals surface area contributed by atoms with E-state index in [-0.39, 0.29) is 28.2 Å². The van der Waals surface area contributed by atoms with Crippen LogP contribution in [0.25, 0.3) is 28.2 Å². The molecule has 2 aromatic heterocycles. The van der Waals surface area contributed by atoms with Crippen LogP contribution >= 0.6 is 0 Å². The van der Waals surface area contributed by atoms with Crippen molar-refractivity contribution >= 4 is 17.1 Å². The molecule has 9 heteroatoms. The maximum Gasteiger partial charge on any atom is 0.332 e. The molecule has 0 unspecified atom stereocenters. The minimum absolute atomic E-state index is 0.0580. The van der Waals surface area contributed by atoms with Crippen molar-refractivity contribution in [1.29, 1.82) is 0 Å². The van der Waals surface area contributed by atoms with Gasteiger partial charge in [0.1, 0.15) is 5.52 Å². The number of imidazole rings is 1. The van der Waals surface area contributed by atoms with Gasteiger partial charge in [-0.15, -0.1) is 0 Å². The zero-order valence-electron chi connectivity index (χ0n) is 13.6. The van der Waals surface area contributed by atoms with Crippen LogP contribution in [0.1, 0.15) is 10.5 Å². The highest BCUT2D eigenvalue weighted by Gasteiger charge is 2.20. The number of hydrogen-bond donors (Lipinski definition) is 2. The van der Waals surface area contributed by atoms with Gasteiger partial charge in [0, 0.05) is 5.56 Å². The van der Waals surface area contributed by atoms with Gasteiger partial charge >= 0.3 is 5.69 Å². The second-order valence-corrected chi connectivity index (χ2v) is 5.69. The average molecular weight is 367 g/mol. The quantitative estimate of drug-likeness (QED) is 0.579. The van der Waals surface area contributed by atoms with Gasteiger partial charge in [-0.2, -0.15) is 0 Å². The van der Waals surface area contributed by atoms with Crippen molar-refractivity contribution in [2.45, 2.75) is 0 Å². The second-order valence-electron chi connectivity index (χ2n) is 5.69. The maximum absolute atomic E-state index is 13.6. The SMILES string of the molecule is NC(=O)c1nc(-c2ccc(F)c(F)c2)nc2c1[nH]c(=O)n2-c1ccccc1. The summed E-state index contributed by atoms with van der Waals surface area (Å²) in [5.41, 5.74) is 5.39. The summed E-state index contributed by atoms with van der Waals surface area (Å²) in [5.74, 6) is -3.09. The number of halogens is 2. The molecule has 0 aliphatic rings. The molecule has 2 heterocycles. The van der Waals surface area contributed by atoms with Crippen LogP contribution < -0.4 is 11.4 Å². The molecule has 0 spiro atoms. The van der Waals surface area contributed by atoms with E-state index < -0.39 is 23.2 Å². The van der Waals surface area contributed by atoms with Crippen LogP contribution in [0.2, 0.25) is 0 Å². The highest BCUT2D eigenvalue weighted by atomic mass is 19.2. The number of nitrogens with two attached hydrogens (primary N) is 1. The number of carbonyl (C=O) groups is 1. The highest BCUT2D eigenvalue weighted by Crippen LogP contribution is 2.23. The fraction of sp³-hybridized carbons (Fsp3) is 0. The molecule has 27 heavy (non-hydrogen) atoms. The fourth-order valence-corrected chi connectivity index (χ4v) is 2.74. The summed E-state index contributed by atoms with van der Waals surface area (Å²) in [6.45, 7) is 0. The van der Waals surface area contributed by atoms with E-state index in [1.165, 1.54) is 10.6 Å². The Kier molecular flexibility index (Phi) is 3.76. The summed E-state index contributed by atoms with van der Waals surface area (Å²) in [5, 5.41) is 0. The molecular weight excluding hydrogens is 356 g/mol. The van der Waals surface area contributed by atoms with Crippen LogP contribution in [0.3, 0.4) is 0 Å². The molecule has 134 valence electrons. The monoisotopic (exact) mass is 367 g/mol. The third-order valence-corrected chi connectivity index (χ3v) is 3.96. The third-order valence-electron chi connectivity index (χ3n) is 3.96. The number of amides is 1. The molecule has 0 radical (unpaired) electrons. The Morgan fingerprint density at radius 3 is 2.44 bits per heavy atom. The van der Waals surface area contributed by atoms with Gasteiger partial charge < -0.3 is 10.7 Å². The van der Waals surface area contributed by atoms with Gasteiger partial charge in [0.05, 0.1) is 5.69 Å². The van der Waals surface area contributed by atoms with Crippen molar-refractivity contribution in [2.24, 2.45) is 5.73 Å². The summed E-state index contributed by atoms with van der Waals surface area (Å²) in [6.07, 6.45) is 0. The Labute approximate surface area is 150 Å². The van der Waals surface area contributed by atoms with Gasteiger partial charge in [0.15, 0.2) is 28.8 Å². The number of aromatic amines is 1. The number of primary amides is 1. The maximum atomic E-state index is 13.6. The van der Waals surface area contributed by atoms with Crippen LogP contribution in [0, 0.1) is 11.6 Å². The summed E-state index contributed by atoms with van der Waals surface area (Å²) in [7, 11) is 0. The van der Waals surface area contributed by atoms with E-state index >= 15 is 0 Å². The standard InChI is InChI=1S/C18H11F2N5O2/c19-11-7-6-9(8-12(11)20)16-22-13(15(21)26)14-17(24-16)25(18(27)23-14)10-4-2-1-3-5-10/h1-8H,(H2,21,26)(H,23,27). The first-order valence-corrected chi connectivity index (χ1v) is 7.79. The van der Waals surface area contributed by atoms with Gasteiger partial charge in [-0.1, -0.05) is 18.2 Å². The average Bonchev–Trinajstić information content (AvgIpc) is 2.99. The van der Waals surface area contributed by atoms with Gasteiger partial charge in [-0.3, -0.25) is 4.79 Å². The van der Waals surface area contributed by atoms with Crippen molar-refractivity contribution < 1.29 is 13.6 Å². The Morgan fingerprint density at radius 2 is 1.78 bits per heavy atom. The first-order valence-electron chi connectivity index (χ1n) is 7.79. The van der Waals surface area contributed by atoms with Crippen molar-refractivity contribution in [2.75, 3.05) is 0 Å². The highest BCUT2D eigenvalue weighted by molar-refractivity contribution is 6.02. The van der Waals surface area contributed by atoms with Crippen molar-refractivity contribution in [3.8, 4) is 17.1 Å². The molecule has 4 aromatic rings. The number of carbonyl (C=O) groups excluding carboxylic acids is 1. The molecule has 0 saturated heterocycles. The largest absolute Gasteiger partial charge is 0.364 e. The number of fused-ring (bicyclic) bond motifs is 1. The van der Waals surface area contributed by atoms with Crippen molar-refractivity contribution in [1.82, 2.24) is 19.5 Å². The Bertz CT molecular complexity index is 1250. The number of H-pyrrole nitrogens is 1. The number of nitrogens with one attached hydrogen (secondary N) is 1. The summed E-state index contributed by atoms with van der Waals surface area (Å²) < 4.78 is 28.1. The molecule has 4 rings (SSSR count). The summed E-state index contributed by atoms with van der Waals surface area (Å²) in [6, 6.07) is 11.7. The molecule has 0 aliphatic heterocycles. The van der Waals surface area contributed by atoms with E-state index in [1.54, 1.807) is 30.3 Å². The number of benzene rings is 2. The molecule has 7 nitrogen and oxygen atoms in total. The van der Waals surface area contributed by atoms with Gasteiger partial charge in [-0.05, 0) is 30.3 Å². The van der Waals surface area contributed by atoms with E-state index in [1.807, 2.05) is 0 Å². The normalized spacial score (nSPS) is 11.0. The second kappa shape index (κ2) is 6.13. The van der Waals surface area contributed by atoms with Crippen LogP contribution in [0.5, 0.6) is 0 Å². The lowest BCUT2D eigenvalue weighted by atomic mass is 10.2. The zero-order valence-corrected chi connectivity index (χ0v) is 13.6. The van der Waals surface area contributed by atoms with Gasteiger partial charge in [0.25, 0.3) is 5.91 Å². The number of para-hydroxylation sites is 1. The molecule has 0 atom stereocenters. The predicted molar refractivity (Wildman–Crippen MR) is 93.4 cm³/mol. The number of nitrogens with zero attached hydrogens (tertiary/aromatic N) is 3. The smallest absolute Gasteiger partial charge is 0.332 e. The lowest BCUT2D eigenvalue weighted by molar-refractivity contribution is 0.0997. The minimum Gasteiger partial charge on any atom is -0.364 e. The van der Waals surface area contributed by atoms with E-state index in [0.717, 1.165) is 12.1 Å². The first kappa shape index (κ1) is 16.6. The molecule has 2 aromatic carbocycles. The van der Waals surface area contributed by atoms with E-state index in [9.17, 15) is 18.4 Å². The Balaban J connectivity index is 2.06. The Morgan fingerprint density at radius 1 is 1.04 bits per heavy atom. The molecular formula is C18H11F2N5O2. The molecule has 1 amide bonds. The van der Waals surface area contributed by atoms with Gasteiger partial charge in [-0.25, -0.2) is 28.1 Å². The van der Waals surface area contributed by atoms with Crippen LogP contribution in [0.15, 0.2) is 53.3 Å². The lowest BCUT2D eigenvalue weighted by Gasteiger charge is -2.06. The third kappa shape index (κ3) is 2.74. The fourth-order valence-electron chi connectivity index (χ4n) is 2.74. The van der Waals surface area contributed by atoms with E-state index in [4.69, 9.17) is 5.73 Å². The number of aromatic nitrogens is 4. The van der Waals surface area contributed by atoms with Crippen molar-refractivity contribution in [3.63, 3.8) is 0 Å². The van der Waals surface area contributed by atoms with Gasteiger partial charge in [0.2, 0.25) is 0 Å². The number of hydrogen-bond acceptors (Lipinski definition) is 4. The zero-order chi connectivity index (χ0) is 19.1. The van der Waals surface area contributed by atoms with Crippen LogP contribution in [0.4, 0.5) is 8.78 Å². The van der Waals surface area contributed by atoms with Crippen LogP contribution in [-0.2, 0) is 0 Å². The molecule has 0 saturated carbocycles. The van der Waals surface area contributed by atoms with E-state index in [2.05, 4.69) is 15.0 Å².